The van der Waals surface area contributed by atoms with Crippen LogP contribution in [0.15, 0.2) is 18.2 Å². The van der Waals surface area contributed by atoms with Crippen LogP contribution in [0, 0.1) is 12.8 Å². The molecular weight excluding hydrogens is 326 g/mol. The Morgan fingerprint density at radius 3 is 2.31 bits per heavy atom. The van der Waals surface area contributed by atoms with Crippen LogP contribution in [0.25, 0.3) is 0 Å². The summed E-state index contributed by atoms with van der Waals surface area (Å²) in [4.78, 5) is 28.1. The van der Waals surface area contributed by atoms with Gasteiger partial charge >= 0.3 is 0 Å². The van der Waals surface area contributed by atoms with Crippen LogP contribution in [0.3, 0.4) is 0 Å². The van der Waals surface area contributed by atoms with Crippen LogP contribution in [0.1, 0.15) is 53.0 Å². The highest BCUT2D eigenvalue weighted by Gasteiger charge is 2.16. The first-order valence-electron chi connectivity index (χ1n) is 9.70. The molecule has 0 aliphatic carbocycles. The Morgan fingerprint density at radius 1 is 1.15 bits per heavy atom. The summed E-state index contributed by atoms with van der Waals surface area (Å²) in [5.74, 6) is 0.518. The summed E-state index contributed by atoms with van der Waals surface area (Å²) < 4.78 is 0. The van der Waals surface area contributed by atoms with E-state index in [2.05, 4.69) is 44.0 Å². The average Bonchev–Trinajstić information content (AvgIpc) is 2.57. The molecule has 0 bridgehead atoms. The Hall–Kier alpha value is -2.04. The molecule has 0 radical (unpaired) electrons. The second kappa shape index (κ2) is 10.8. The summed E-state index contributed by atoms with van der Waals surface area (Å²) in [5.41, 5.74) is 3.08. The third kappa shape index (κ3) is 6.70. The van der Waals surface area contributed by atoms with Crippen LogP contribution in [-0.2, 0) is 9.59 Å². The third-order valence-electron chi connectivity index (χ3n) is 4.59. The fraction of sp³-hybridized carbons (Fsp3) is 0.619. The summed E-state index contributed by atoms with van der Waals surface area (Å²) >= 11 is 0. The van der Waals surface area contributed by atoms with Gasteiger partial charge in [-0.05, 0) is 56.9 Å². The maximum atomic E-state index is 12.1. The van der Waals surface area contributed by atoms with Crippen molar-refractivity contribution >= 4 is 23.2 Å². The van der Waals surface area contributed by atoms with Gasteiger partial charge in [-0.3, -0.25) is 9.59 Å². The monoisotopic (exact) mass is 361 g/mol. The molecule has 0 fully saturated rings. The highest BCUT2D eigenvalue weighted by molar-refractivity contribution is 5.93. The molecule has 5 nitrogen and oxygen atoms in total. The fourth-order valence-corrected chi connectivity index (χ4v) is 2.98. The van der Waals surface area contributed by atoms with Crippen LogP contribution in [-0.4, -0.2) is 38.0 Å². The fourth-order valence-electron chi connectivity index (χ4n) is 2.98. The van der Waals surface area contributed by atoms with Gasteiger partial charge in [0, 0.05) is 50.9 Å². The molecular formula is C21H35N3O2. The quantitative estimate of drug-likeness (QED) is 0.690. The lowest BCUT2D eigenvalue weighted by molar-refractivity contribution is -0.121. The number of hydrogen-bond donors (Lipinski definition) is 1. The minimum atomic E-state index is -0.0429. The van der Waals surface area contributed by atoms with Crippen LogP contribution in [0.5, 0.6) is 0 Å². The topological polar surface area (TPSA) is 52.6 Å². The van der Waals surface area contributed by atoms with Gasteiger partial charge in [-0.25, -0.2) is 0 Å². The standard InChI is InChI=1S/C21H35N3O2/c1-7-23(8-2)19-9-10-20(17(5)15-19)24(18(6)25)14-12-21(26)22-13-11-16(3)4/h9-10,15-16H,7-8,11-14H2,1-6H3,(H,22,26). The summed E-state index contributed by atoms with van der Waals surface area (Å²) in [5, 5.41) is 2.93. The highest BCUT2D eigenvalue weighted by atomic mass is 16.2. The predicted molar refractivity (Wildman–Crippen MR) is 110 cm³/mol. The third-order valence-corrected chi connectivity index (χ3v) is 4.59. The SMILES string of the molecule is CCN(CC)c1ccc(N(CCC(=O)NCCC(C)C)C(C)=O)c(C)c1. The van der Waals surface area contributed by atoms with Crippen LogP contribution >= 0.6 is 0 Å². The largest absolute Gasteiger partial charge is 0.372 e. The lowest BCUT2D eigenvalue weighted by atomic mass is 10.1. The first-order valence-corrected chi connectivity index (χ1v) is 9.70. The maximum Gasteiger partial charge on any atom is 0.223 e. The van der Waals surface area contributed by atoms with Crippen molar-refractivity contribution < 1.29 is 9.59 Å². The smallest absolute Gasteiger partial charge is 0.223 e. The van der Waals surface area contributed by atoms with Crippen LogP contribution in [0.2, 0.25) is 0 Å². The van der Waals surface area contributed by atoms with E-state index in [4.69, 9.17) is 0 Å². The second-order valence-corrected chi connectivity index (χ2v) is 7.10. The van der Waals surface area contributed by atoms with Gasteiger partial charge < -0.3 is 15.1 Å². The van der Waals surface area contributed by atoms with Gasteiger partial charge in [-0.2, -0.15) is 0 Å². The van der Waals surface area contributed by atoms with E-state index >= 15 is 0 Å². The molecule has 5 heteroatoms. The maximum absolute atomic E-state index is 12.1. The van der Waals surface area contributed by atoms with Crippen LogP contribution in [0.4, 0.5) is 11.4 Å². The molecule has 0 unspecified atom stereocenters. The summed E-state index contributed by atoms with van der Waals surface area (Å²) in [6.07, 6.45) is 1.28. The summed E-state index contributed by atoms with van der Waals surface area (Å²) in [6.45, 7) is 15.1. The molecule has 0 aromatic heterocycles. The average molecular weight is 362 g/mol. The molecule has 0 spiro atoms. The van der Waals surface area contributed by atoms with Crippen molar-refractivity contribution in [1.29, 1.82) is 0 Å². The van der Waals surface area contributed by atoms with Crippen molar-refractivity contribution in [2.24, 2.45) is 5.92 Å². The molecule has 0 heterocycles. The minimum absolute atomic E-state index is 0.00526. The van der Waals surface area contributed by atoms with Gasteiger partial charge in [0.05, 0.1) is 0 Å². The van der Waals surface area contributed by atoms with E-state index in [1.165, 1.54) is 0 Å². The number of nitrogens with one attached hydrogen (secondary N) is 1. The van der Waals surface area contributed by atoms with Gasteiger partial charge in [0.2, 0.25) is 11.8 Å². The Kier molecular flexibility index (Phi) is 9.17. The lowest BCUT2D eigenvalue weighted by Crippen LogP contribution is -2.34. The van der Waals surface area contributed by atoms with E-state index in [9.17, 15) is 9.59 Å². The van der Waals surface area contributed by atoms with E-state index < -0.39 is 0 Å². The zero-order valence-corrected chi connectivity index (χ0v) is 17.3. The van der Waals surface area contributed by atoms with E-state index in [0.29, 0.717) is 25.4 Å². The normalized spacial score (nSPS) is 10.7. The predicted octanol–water partition coefficient (Wildman–Crippen LogP) is 3.75. The molecule has 2 amide bonds. The lowest BCUT2D eigenvalue weighted by Gasteiger charge is -2.26. The van der Waals surface area contributed by atoms with Gasteiger partial charge in [0.15, 0.2) is 0 Å². The van der Waals surface area contributed by atoms with E-state index in [1.54, 1.807) is 11.8 Å². The van der Waals surface area contributed by atoms with Crippen molar-refractivity contribution in [3.8, 4) is 0 Å². The molecule has 1 rings (SSSR count). The summed E-state index contributed by atoms with van der Waals surface area (Å²) in [6, 6.07) is 6.15. The Balaban J connectivity index is 2.78. The number of benzene rings is 1. The molecule has 1 aromatic carbocycles. The van der Waals surface area contributed by atoms with E-state index in [1.807, 2.05) is 19.1 Å². The molecule has 26 heavy (non-hydrogen) atoms. The number of amides is 2. The number of carbonyl (C=O) groups excluding carboxylic acids is 2. The minimum Gasteiger partial charge on any atom is -0.372 e. The van der Waals surface area contributed by atoms with Crippen molar-refractivity contribution in [3.63, 3.8) is 0 Å². The molecule has 0 saturated carbocycles. The molecule has 1 N–H and O–H groups in total. The van der Waals surface area contributed by atoms with Crippen molar-refractivity contribution in [3.05, 3.63) is 23.8 Å². The Labute approximate surface area is 158 Å². The van der Waals surface area contributed by atoms with E-state index in [-0.39, 0.29) is 11.8 Å². The number of carbonyl (C=O) groups is 2. The van der Waals surface area contributed by atoms with Crippen LogP contribution < -0.4 is 15.1 Å². The van der Waals surface area contributed by atoms with Gasteiger partial charge in [-0.15, -0.1) is 0 Å². The molecule has 0 saturated heterocycles. The first kappa shape index (κ1) is 22.0. The van der Waals surface area contributed by atoms with Gasteiger partial charge in [0.1, 0.15) is 0 Å². The number of hydrogen-bond acceptors (Lipinski definition) is 3. The Bertz CT molecular complexity index is 595. The number of rotatable bonds is 10. The van der Waals surface area contributed by atoms with Crippen molar-refractivity contribution in [2.45, 2.75) is 54.4 Å². The zero-order chi connectivity index (χ0) is 19.7. The Morgan fingerprint density at radius 2 is 1.81 bits per heavy atom. The number of nitrogens with zero attached hydrogens (tertiary/aromatic N) is 2. The highest BCUT2D eigenvalue weighted by Crippen LogP contribution is 2.26. The molecule has 146 valence electrons. The first-order chi connectivity index (χ1) is 12.3. The van der Waals surface area contributed by atoms with Crippen molar-refractivity contribution in [2.75, 3.05) is 36.0 Å². The number of aryl methyl sites for hydroxylation is 1. The van der Waals surface area contributed by atoms with Gasteiger partial charge in [0.25, 0.3) is 0 Å². The zero-order valence-electron chi connectivity index (χ0n) is 17.3. The van der Waals surface area contributed by atoms with E-state index in [0.717, 1.165) is 36.4 Å². The summed E-state index contributed by atoms with van der Waals surface area (Å²) in [7, 11) is 0. The molecule has 0 aliphatic rings. The number of anilines is 2. The van der Waals surface area contributed by atoms with Crippen molar-refractivity contribution in [1.82, 2.24) is 5.32 Å². The molecule has 1 aromatic rings. The van der Waals surface area contributed by atoms with Gasteiger partial charge in [-0.1, -0.05) is 13.8 Å². The molecule has 0 aliphatic heterocycles. The second-order valence-electron chi connectivity index (χ2n) is 7.10. The molecule has 0 atom stereocenters.